The molecule has 0 spiro atoms. The fourth-order valence-corrected chi connectivity index (χ4v) is 0.240. The maximum atomic E-state index is 10.1. The van der Waals surface area contributed by atoms with Crippen molar-refractivity contribution in [2.75, 3.05) is 6.54 Å². The van der Waals surface area contributed by atoms with E-state index in [4.69, 9.17) is 5.11 Å². The molecule has 0 aliphatic carbocycles. The number of carboxylic acid groups (broad SMARTS) is 1. The quantitative estimate of drug-likeness (QED) is 0.385. The number of aliphatic carboxylic acids is 1. The van der Waals surface area contributed by atoms with E-state index in [1.165, 1.54) is 6.08 Å². The van der Waals surface area contributed by atoms with Crippen molar-refractivity contribution in [2.45, 2.75) is 0 Å². The van der Waals surface area contributed by atoms with E-state index >= 15 is 0 Å². The third-order valence-corrected chi connectivity index (χ3v) is 0.601. The summed E-state index contributed by atoms with van der Waals surface area (Å²) in [5.41, 5.74) is 0. The molecule has 0 saturated heterocycles. The molecule has 0 bridgehead atoms. The van der Waals surface area contributed by atoms with Gasteiger partial charge in [-0.1, -0.05) is 6.08 Å². The van der Waals surface area contributed by atoms with Crippen LogP contribution in [0.2, 0.25) is 0 Å². The summed E-state index contributed by atoms with van der Waals surface area (Å²) in [6.45, 7) is 3.47. The summed E-state index contributed by atoms with van der Waals surface area (Å²) in [7, 11) is 0. The van der Waals surface area contributed by atoms with Crippen LogP contribution in [0.3, 0.4) is 0 Å². The number of rotatable bonds is 2. The van der Waals surface area contributed by atoms with Crippen LogP contribution in [-0.2, 0) is 9.59 Å². The zero-order valence-electron chi connectivity index (χ0n) is 4.76. The van der Waals surface area contributed by atoms with Crippen LogP contribution in [0.5, 0.6) is 0 Å². The van der Waals surface area contributed by atoms with E-state index in [0.29, 0.717) is 0 Å². The topological polar surface area (TPSA) is 66.4 Å². The fraction of sp³-hybridized carbons (Fsp3) is 0.200. The first kappa shape index (κ1) is 7.68. The molecule has 4 nitrogen and oxygen atoms in total. The Morgan fingerprint density at radius 2 is 2.22 bits per heavy atom. The lowest BCUT2D eigenvalue weighted by atomic mass is 10.5. The number of hydrogen-bond donors (Lipinski definition) is 2. The summed E-state index contributed by atoms with van der Waals surface area (Å²) in [4.78, 5) is 19.9. The van der Waals surface area contributed by atoms with Gasteiger partial charge in [0.2, 0.25) is 0 Å². The van der Waals surface area contributed by atoms with E-state index in [9.17, 15) is 9.59 Å². The number of carbonyl (C=O) groups is 2. The van der Waals surface area contributed by atoms with Gasteiger partial charge < -0.3 is 10.4 Å². The molecule has 0 unspecified atom stereocenters. The highest BCUT2D eigenvalue weighted by Gasteiger charge is 2.07. The fourth-order valence-electron chi connectivity index (χ4n) is 0.240. The van der Waals surface area contributed by atoms with Gasteiger partial charge in [0, 0.05) is 6.54 Å². The molecule has 0 aromatic carbocycles. The van der Waals surface area contributed by atoms with E-state index in [1.54, 1.807) is 0 Å². The summed E-state index contributed by atoms with van der Waals surface area (Å²) < 4.78 is 0. The molecule has 0 radical (unpaired) electrons. The summed E-state index contributed by atoms with van der Waals surface area (Å²) in [6, 6.07) is 0. The van der Waals surface area contributed by atoms with Crippen LogP contribution < -0.4 is 5.32 Å². The van der Waals surface area contributed by atoms with Crippen molar-refractivity contribution in [1.82, 2.24) is 5.32 Å². The van der Waals surface area contributed by atoms with Gasteiger partial charge in [-0.25, -0.2) is 4.79 Å². The third kappa shape index (κ3) is 3.28. The van der Waals surface area contributed by atoms with E-state index in [2.05, 4.69) is 11.9 Å². The third-order valence-electron chi connectivity index (χ3n) is 0.601. The molecule has 2 N–H and O–H groups in total. The zero-order chi connectivity index (χ0) is 7.28. The first-order valence-electron chi connectivity index (χ1n) is 2.30. The largest absolute Gasteiger partial charge is 0.474 e. The van der Waals surface area contributed by atoms with Crippen LogP contribution in [-0.4, -0.2) is 23.5 Å². The predicted octanol–water partition coefficient (Wildman–Crippen LogP) is -0.627. The molecule has 0 aliphatic rings. The van der Waals surface area contributed by atoms with Crippen molar-refractivity contribution >= 4 is 11.9 Å². The molecule has 1 amide bonds. The average molecular weight is 129 g/mol. The van der Waals surface area contributed by atoms with Crippen LogP contribution in [0.15, 0.2) is 12.7 Å². The van der Waals surface area contributed by atoms with Gasteiger partial charge in [-0.2, -0.15) is 0 Å². The Labute approximate surface area is 52.2 Å². The van der Waals surface area contributed by atoms with Gasteiger partial charge in [-0.3, -0.25) is 4.79 Å². The number of carboxylic acids is 1. The summed E-state index contributed by atoms with van der Waals surface area (Å²) in [6.07, 6.45) is 1.40. The highest BCUT2D eigenvalue weighted by Crippen LogP contribution is 1.65. The number of nitrogens with one attached hydrogen (secondary N) is 1. The van der Waals surface area contributed by atoms with Gasteiger partial charge >= 0.3 is 11.9 Å². The van der Waals surface area contributed by atoms with Crippen LogP contribution >= 0.6 is 0 Å². The molecule has 0 saturated carbocycles. The van der Waals surface area contributed by atoms with Crippen molar-refractivity contribution in [3.05, 3.63) is 12.7 Å². The summed E-state index contributed by atoms with van der Waals surface area (Å²) in [5.74, 6) is -2.48. The van der Waals surface area contributed by atoms with E-state index in [1.807, 2.05) is 0 Å². The predicted molar refractivity (Wildman–Crippen MR) is 30.8 cm³/mol. The van der Waals surface area contributed by atoms with Gasteiger partial charge in [-0.05, 0) is 0 Å². The van der Waals surface area contributed by atoms with Gasteiger partial charge in [0.1, 0.15) is 0 Å². The molecule has 0 fully saturated rings. The first-order valence-corrected chi connectivity index (χ1v) is 2.30. The molecule has 9 heavy (non-hydrogen) atoms. The maximum absolute atomic E-state index is 10.1. The van der Waals surface area contributed by atoms with Crippen LogP contribution in [0.25, 0.3) is 0 Å². The number of amides is 1. The highest BCUT2D eigenvalue weighted by atomic mass is 16.4. The Morgan fingerprint density at radius 3 is 2.56 bits per heavy atom. The Hall–Kier alpha value is -1.32. The molecular weight excluding hydrogens is 122 g/mol. The Balaban J connectivity index is 3.51. The minimum atomic E-state index is -1.48. The molecule has 0 aromatic rings. The lowest BCUT2D eigenvalue weighted by Crippen LogP contribution is -2.30. The van der Waals surface area contributed by atoms with Crippen LogP contribution in [0.4, 0.5) is 0 Å². The molecule has 0 rings (SSSR count). The maximum Gasteiger partial charge on any atom is 0.394 e. The molecule has 0 atom stereocenters. The normalized spacial score (nSPS) is 8.00. The monoisotopic (exact) mass is 129 g/mol. The summed E-state index contributed by atoms with van der Waals surface area (Å²) in [5, 5.41) is 10.0. The molecule has 0 heterocycles. The lowest BCUT2D eigenvalue weighted by Gasteiger charge is -1.92. The van der Waals surface area contributed by atoms with Crippen molar-refractivity contribution in [3.8, 4) is 0 Å². The second kappa shape index (κ2) is 3.65. The van der Waals surface area contributed by atoms with Crippen LogP contribution in [0, 0.1) is 0 Å². The van der Waals surface area contributed by atoms with Crippen molar-refractivity contribution in [2.24, 2.45) is 0 Å². The molecule has 50 valence electrons. The molecule has 4 heteroatoms. The Kier molecular flexibility index (Phi) is 3.12. The molecule has 0 aromatic heterocycles. The summed E-state index contributed by atoms with van der Waals surface area (Å²) >= 11 is 0. The van der Waals surface area contributed by atoms with Crippen molar-refractivity contribution in [1.29, 1.82) is 0 Å². The van der Waals surface area contributed by atoms with Crippen LogP contribution in [0.1, 0.15) is 0 Å². The van der Waals surface area contributed by atoms with Gasteiger partial charge in [0.25, 0.3) is 0 Å². The highest BCUT2D eigenvalue weighted by molar-refractivity contribution is 6.31. The van der Waals surface area contributed by atoms with E-state index < -0.39 is 11.9 Å². The van der Waals surface area contributed by atoms with Gasteiger partial charge in [-0.15, -0.1) is 6.58 Å². The lowest BCUT2D eigenvalue weighted by molar-refractivity contribution is -0.150. The first-order chi connectivity index (χ1) is 4.18. The Morgan fingerprint density at radius 1 is 1.67 bits per heavy atom. The smallest absolute Gasteiger partial charge is 0.394 e. The molecule has 0 aliphatic heterocycles. The van der Waals surface area contributed by atoms with Gasteiger partial charge in [0.15, 0.2) is 0 Å². The minimum Gasteiger partial charge on any atom is -0.474 e. The average Bonchev–Trinajstić information content (AvgIpc) is 1.82. The zero-order valence-corrected chi connectivity index (χ0v) is 4.76. The van der Waals surface area contributed by atoms with Gasteiger partial charge in [0.05, 0.1) is 0 Å². The van der Waals surface area contributed by atoms with E-state index in [-0.39, 0.29) is 6.54 Å². The van der Waals surface area contributed by atoms with E-state index in [0.717, 1.165) is 0 Å². The standard InChI is InChI=1S/C5H7NO3/c1-2-3-6-4(7)5(8)9/h2H,1,3H2,(H,6,7)(H,8,9). The van der Waals surface area contributed by atoms with Crippen molar-refractivity contribution in [3.63, 3.8) is 0 Å². The molecular formula is C5H7NO3. The minimum absolute atomic E-state index is 0.186. The Bertz CT molecular complexity index is 141. The SMILES string of the molecule is C=CCNC(=O)C(=O)O. The number of hydrogen-bond acceptors (Lipinski definition) is 2. The number of carbonyl (C=O) groups excluding carboxylic acids is 1. The van der Waals surface area contributed by atoms with Crippen molar-refractivity contribution < 1.29 is 14.7 Å². The second-order valence-electron chi connectivity index (χ2n) is 1.30. The second-order valence-corrected chi connectivity index (χ2v) is 1.30.